The van der Waals surface area contributed by atoms with Crippen molar-refractivity contribution >= 4 is 50.7 Å². The topological polar surface area (TPSA) is 66.4 Å². The van der Waals surface area contributed by atoms with E-state index in [-0.39, 0.29) is 32.1 Å². The molecule has 11 heteroatoms. The highest BCUT2D eigenvalue weighted by Gasteiger charge is 2.32. The van der Waals surface area contributed by atoms with Gasteiger partial charge >= 0.3 is 6.18 Å². The number of carboxylic acid groups (broad SMARTS) is 1. The first kappa shape index (κ1) is 24.6. The van der Waals surface area contributed by atoms with Gasteiger partial charge < -0.3 is 14.6 Å². The third kappa shape index (κ3) is 7.87. The SMILES string of the molecule is C[S+](C)(C)=O.O=C([O-])c1cc(Oc2c(Cl)cc(C(F)(F)F)cc2Cl)ccc1Cl. The highest BCUT2D eigenvalue weighted by molar-refractivity contribution is 8.00. The molecule has 0 aliphatic heterocycles. The first-order valence-corrected chi connectivity index (χ1v) is 11.2. The lowest BCUT2D eigenvalue weighted by molar-refractivity contribution is -0.255. The molecule has 0 saturated carbocycles. The van der Waals surface area contributed by atoms with Crippen LogP contribution in [0.1, 0.15) is 15.9 Å². The Kier molecular flexibility index (Phi) is 8.20. The lowest BCUT2D eigenvalue weighted by Gasteiger charge is -2.14. The zero-order chi connectivity index (χ0) is 21.9. The van der Waals surface area contributed by atoms with E-state index in [1.807, 2.05) is 0 Å². The van der Waals surface area contributed by atoms with Gasteiger partial charge in [0.25, 0.3) is 0 Å². The van der Waals surface area contributed by atoms with Gasteiger partial charge in [-0.2, -0.15) is 13.2 Å². The van der Waals surface area contributed by atoms with Crippen molar-refractivity contribution in [1.29, 1.82) is 0 Å². The molecule has 0 atom stereocenters. The fourth-order valence-electron chi connectivity index (χ4n) is 1.66. The van der Waals surface area contributed by atoms with E-state index in [1.165, 1.54) is 12.1 Å². The minimum absolute atomic E-state index is 0.0304. The molecule has 154 valence electrons. The summed E-state index contributed by atoms with van der Waals surface area (Å²) in [6.07, 6.45) is 0.529. The highest BCUT2D eigenvalue weighted by Crippen LogP contribution is 2.42. The van der Waals surface area contributed by atoms with Gasteiger partial charge in [-0.1, -0.05) is 34.8 Å². The lowest BCUT2D eigenvalue weighted by Crippen LogP contribution is -2.22. The third-order valence-corrected chi connectivity index (χ3v) is 3.59. The van der Waals surface area contributed by atoms with Crippen LogP contribution in [0, 0.1) is 0 Å². The van der Waals surface area contributed by atoms with Crippen molar-refractivity contribution in [2.24, 2.45) is 0 Å². The number of halogens is 6. The van der Waals surface area contributed by atoms with E-state index >= 15 is 0 Å². The van der Waals surface area contributed by atoms with Crippen LogP contribution in [0.15, 0.2) is 30.3 Å². The van der Waals surface area contributed by atoms with Gasteiger partial charge in [0.1, 0.15) is 24.5 Å². The van der Waals surface area contributed by atoms with E-state index in [0.29, 0.717) is 12.1 Å². The maximum Gasteiger partial charge on any atom is 0.416 e. The zero-order valence-electron chi connectivity index (χ0n) is 14.7. The number of carboxylic acids is 1. The van der Waals surface area contributed by atoms with Gasteiger partial charge in [0, 0.05) is 10.6 Å². The second-order valence-electron chi connectivity index (χ2n) is 6.02. The van der Waals surface area contributed by atoms with Crippen LogP contribution in [-0.4, -0.2) is 24.7 Å². The smallest absolute Gasteiger partial charge is 0.416 e. The summed E-state index contributed by atoms with van der Waals surface area (Å²) in [5.74, 6) is -1.81. The van der Waals surface area contributed by atoms with E-state index in [0.717, 1.165) is 6.07 Å². The van der Waals surface area contributed by atoms with Gasteiger partial charge in [0.2, 0.25) is 0 Å². The second kappa shape index (κ2) is 9.35. The molecular weight excluding hydrogens is 464 g/mol. The minimum Gasteiger partial charge on any atom is -0.545 e. The van der Waals surface area contributed by atoms with Crippen LogP contribution in [0.4, 0.5) is 13.2 Å². The van der Waals surface area contributed by atoms with Crippen LogP contribution in [0.2, 0.25) is 15.1 Å². The van der Waals surface area contributed by atoms with Crippen molar-refractivity contribution in [3.63, 3.8) is 0 Å². The lowest BCUT2D eigenvalue weighted by atomic mass is 10.2. The normalized spacial score (nSPS) is 11.5. The first-order chi connectivity index (χ1) is 12.6. The van der Waals surface area contributed by atoms with E-state index in [9.17, 15) is 27.3 Å². The molecular formula is C17H14Cl3F3O4S. The average Bonchev–Trinajstić information content (AvgIpc) is 2.49. The fraction of sp³-hybridized carbons (Fsp3) is 0.235. The molecule has 0 bridgehead atoms. The Labute approximate surface area is 175 Å². The Morgan fingerprint density at radius 1 is 1.00 bits per heavy atom. The number of benzene rings is 2. The highest BCUT2D eigenvalue weighted by atomic mass is 35.5. The summed E-state index contributed by atoms with van der Waals surface area (Å²) in [7, 11) is -1.42. The standard InChI is InChI=1S/C14H6Cl3F3O3.C3H9OS/c15-9-2-1-7(5-8(9)13(21)22)23-12-10(16)3-6(4-11(12)17)14(18,19)20;1-5(2,3)4/h1-5H,(H,21,22);1-3H3/q;+1/p-1. The summed E-state index contributed by atoms with van der Waals surface area (Å²) >= 11 is 17.2. The van der Waals surface area contributed by atoms with Crippen molar-refractivity contribution in [3.05, 3.63) is 56.5 Å². The van der Waals surface area contributed by atoms with Crippen LogP contribution in [-0.2, 0) is 20.3 Å². The van der Waals surface area contributed by atoms with Gasteiger partial charge in [-0.15, -0.1) is 4.21 Å². The molecule has 0 unspecified atom stereocenters. The first-order valence-electron chi connectivity index (χ1n) is 7.23. The van der Waals surface area contributed by atoms with Crippen molar-refractivity contribution in [2.45, 2.75) is 6.18 Å². The number of carbonyl (C=O) groups excluding carboxylic acids is 1. The number of aromatic carboxylic acids is 1. The van der Waals surface area contributed by atoms with E-state index in [2.05, 4.69) is 0 Å². The van der Waals surface area contributed by atoms with Crippen molar-refractivity contribution in [3.8, 4) is 11.5 Å². The Morgan fingerprint density at radius 3 is 1.86 bits per heavy atom. The molecule has 28 heavy (non-hydrogen) atoms. The fourth-order valence-corrected chi connectivity index (χ4v) is 2.42. The molecule has 0 aliphatic rings. The van der Waals surface area contributed by atoms with Gasteiger partial charge in [0.15, 0.2) is 5.75 Å². The Morgan fingerprint density at radius 2 is 1.46 bits per heavy atom. The van der Waals surface area contributed by atoms with Gasteiger partial charge in [-0.25, -0.2) is 0 Å². The molecule has 0 heterocycles. The monoisotopic (exact) mass is 476 g/mol. The number of ether oxygens (including phenoxy) is 1. The quantitative estimate of drug-likeness (QED) is 0.570. The largest absolute Gasteiger partial charge is 0.545 e. The van der Waals surface area contributed by atoms with Crippen LogP contribution in [0.3, 0.4) is 0 Å². The molecule has 2 aromatic rings. The van der Waals surface area contributed by atoms with Crippen LogP contribution in [0.25, 0.3) is 0 Å². The zero-order valence-corrected chi connectivity index (χ0v) is 17.8. The number of hydrogen-bond donors (Lipinski definition) is 0. The summed E-state index contributed by atoms with van der Waals surface area (Å²) in [5.41, 5.74) is -1.38. The maximum absolute atomic E-state index is 12.6. The number of carbonyl (C=O) groups is 1. The molecule has 4 nitrogen and oxygen atoms in total. The predicted octanol–water partition coefficient (Wildman–Crippen LogP) is 5.20. The molecule has 0 aliphatic carbocycles. The van der Waals surface area contributed by atoms with E-state index in [4.69, 9.17) is 39.5 Å². The Balaban J connectivity index is 0.000000696. The Bertz CT molecular complexity index is 895. The molecule has 2 rings (SSSR count). The summed E-state index contributed by atoms with van der Waals surface area (Å²) in [4.78, 5) is 10.9. The summed E-state index contributed by atoms with van der Waals surface area (Å²) in [6.45, 7) is 0. The molecule has 2 aromatic carbocycles. The predicted molar refractivity (Wildman–Crippen MR) is 103 cm³/mol. The second-order valence-corrected chi connectivity index (χ2v) is 10.7. The van der Waals surface area contributed by atoms with Crippen LogP contribution >= 0.6 is 34.8 Å². The van der Waals surface area contributed by atoms with Gasteiger partial charge in [0.05, 0.1) is 31.5 Å². The van der Waals surface area contributed by atoms with Crippen LogP contribution in [0.5, 0.6) is 11.5 Å². The number of alkyl halides is 3. The molecule has 0 radical (unpaired) electrons. The minimum atomic E-state index is -4.62. The summed E-state index contributed by atoms with van der Waals surface area (Å²) < 4.78 is 53.4. The molecule has 0 fully saturated rings. The van der Waals surface area contributed by atoms with E-state index in [1.54, 1.807) is 18.8 Å². The molecule has 0 spiro atoms. The number of rotatable bonds is 3. The van der Waals surface area contributed by atoms with Crippen molar-refractivity contribution in [2.75, 3.05) is 18.8 Å². The van der Waals surface area contributed by atoms with E-state index < -0.39 is 27.6 Å². The maximum atomic E-state index is 12.6. The number of hydrogen-bond acceptors (Lipinski definition) is 4. The molecule has 0 aromatic heterocycles. The molecule has 0 N–H and O–H groups in total. The molecule has 0 amide bonds. The van der Waals surface area contributed by atoms with Crippen molar-refractivity contribution in [1.82, 2.24) is 0 Å². The summed E-state index contributed by atoms with van der Waals surface area (Å²) in [5, 5.41) is 10.0. The molecule has 0 saturated heterocycles. The average molecular weight is 478 g/mol. The van der Waals surface area contributed by atoms with Crippen molar-refractivity contribution < 1.29 is 32.0 Å². The Hall–Kier alpha value is -1.48. The van der Waals surface area contributed by atoms with Gasteiger partial charge in [-0.05, 0) is 30.3 Å². The van der Waals surface area contributed by atoms with Crippen LogP contribution < -0.4 is 9.84 Å². The third-order valence-electron chi connectivity index (χ3n) is 2.70. The van der Waals surface area contributed by atoms with Gasteiger partial charge in [-0.3, -0.25) is 0 Å². The summed E-state index contributed by atoms with van der Waals surface area (Å²) in [6, 6.07) is 4.88.